The number of hydrogen-bond donors (Lipinski definition) is 1. The smallest absolute Gasteiger partial charge is 0.295 e. The van der Waals surface area contributed by atoms with Crippen LogP contribution < -0.4 is 0 Å². The number of carbonyl (C=O) groups is 1. The van der Waals surface area contributed by atoms with Crippen molar-refractivity contribution in [1.82, 2.24) is 25.5 Å². The minimum atomic E-state index is -0.119. The number of tetrazole rings is 1. The molecule has 17 heavy (non-hydrogen) atoms. The Hall–Kier alpha value is -1.46. The highest BCUT2D eigenvalue weighted by Gasteiger charge is 2.31. The maximum absolute atomic E-state index is 12.0. The van der Waals surface area contributed by atoms with Crippen molar-refractivity contribution in [2.24, 2.45) is 11.3 Å². The van der Waals surface area contributed by atoms with E-state index in [1.54, 1.807) is 0 Å². The summed E-state index contributed by atoms with van der Waals surface area (Å²) >= 11 is 0. The van der Waals surface area contributed by atoms with Crippen molar-refractivity contribution < 1.29 is 4.79 Å². The van der Waals surface area contributed by atoms with Gasteiger partial charge in [-0.1, -0.05) is 20.8 Å². The maximum Gasteiger partial charge on any atom is 0.295 e. The lowest BCUT2D eigenvalue weighted by Gasteiger charge is -2.38. The predicted octanol–water partition coefficient (Wildman–Crippen LogP) is 1.10. The summed E-state index contributed by atoms with van der Waals surface area (Å²) in [5.41, 5.74) is 0.321. The molecule has 0 radical (unpaired) electrons. The van der Waals surface area contributed by atoms with Crippen molar-refractivity contribution in [3.05, 3.63) is 5.82 Å². The topological polar surface area (TPSA) is 74.8 Å². The molecule has 2 heterocycles. The van der Waals surface area contributed by atoms with Crippen molar-refractivity contribution in [2.75, 3.05) is 13.1 Å². The summed E-state index contributed by atoms with van der Waals surface area (Å²) < 4.78 is 0. The molecule has 1 aliphatic rings. The average molecular weight is 237 g/mol. The summed E-state index contributed by atoms with van der Waals surface area (Å²) in [5.74, 6) is 0.724. The van der Waals surface area contributed by atoms with Crippen LogP contribution in [0.15, 0.2) is 0 Å². The fourth-order valence-corrected chi connectivity index (χ4v) is 2.34. The van der Waals surface area contributed by atoms with Crippen molar-refractivity contribution in [2.45, 2.75) is 33.6 Å². The van der Waals surface area contributed by atoms with Crippen LogP contribution in [0.25, 0.3) is 0 Å². The van der Waals surface area contributed by atoms with Crippen molar-refractivity contribution >= 4 is 5.91 Å². The second kappa shape index (κ2) is 4.43. The second-order valence-corrected chi connectivity index (χ2v) is 5.67. The lowest BCUT2D eigenvalue weighted by atomic mass is 9.75. The number of aromatic nitrogens is 4. The first-order valence-corrected chi connectivity index (χ1v) is 6.01. The number of piperidine rings is 1. The predicted molar refractivity (Wildman–Crippen MR) is 62.3 cm³/mol. The molecule has 1 N–H and O–H groups in total. The summed E-state index contributed by atoms with van der Waals surface area (Å²) in [6, 6.07) is 0. The molecule has 1 saturated heterocycles. The van der Waals surface area contributed by atoms with Gasteiger partial charge < -0.3 is 4.90 Å². The van der Waals surface area contributed by atoms with Crippen LogP contribution in [0.4, 0.5) is 0 Å². The van der Waals surface area contributed by atoms with Gasteiger partial charge in [0.1, 0.15) is 0 Å². The van der Waals surface area contributed by atoms with Crippen molar-refractivity contribution in [3.8, 4) is 0 Å². The Bertz CT molecular complexity index is 373. The van der Waals surface area contributed by atoms with Gasteiger partial charge in [-0.15, -0.1) is 10.2 Å². The Morgan fingerprint density at radius 3 is 2.47 bits per heavy atom. The maximum atomic E-state index is 12.0. The minimum Gasteiger partial charge on any atom is -0.336 e. The van der Waals surface area contributed by atoms with Gasteiger partial charge in [0, 0.05) is 13.1 Å². The third kappa shape index (κ3) is 2.62. The van der Waals surface area contributed by atoms with Gasteiger partial charge in [0.2, 0.25) is 0 Å². The third-order valence-corrected chi connectivity index (χ3v) is 3.54. The molecule has 2 rings (SSSR count). The van der Waals surface area contributed by atoms with E-state index in [0.717, 1.165) is 25.9 Å². The second-order valence-electron chi connectivity index (χ2n) is 5.67. The number of likely N-dealkylation sites (tertiary alicyclic amines) is 1. The van der Waals surface area contributed by atoms with Gasteiger partial charge in [-0.25, -0.2) is 0 Å². The largest absolute Gasteiger partial charge is 0.336 e. The summed E-state index contributed by atoms with van der Waals surface area (Å²) in [5, 5.41) is 13.2. The molecule has 6 heteroatoms. The van der Waals surface area contributed by atoms with Gasteiger partial charge in [-0.2, -0.15) is 5.21 Å². The number of hydrogen-bond acceptors (Lipinski definition) is 4. The van der Waals surface area contributed by atoms with E-state index in [1.807, 2.05) is 4.90 Å². The van der Waals surface area contributed by atoms with Crippen LogP contribution in [0.3, 0.4) is 0 Å². The molecule has 94 valence electrons. The Balaban J connectivity index is 1.94. The molecule has 0 atom stereocenters. The Labute approximate surface area is 101 Å². The quantitative estimate of drug-likeness (QED) is 0.793. The lowest BCUT2D eigenvalue weighted by molar-refractivity contribution is 0.0597. The van der Waals surface area contributed by atoms with E-state index in [1.165, 1.54) is 0 Å². The zero-order valence-corrected chi connectivity index (χ0v) is 10.6. The molecular formula is C11H19N5O. The van der Waals surface area contributed by atoms with Gasteiger partial charge in [-0.05, 0) is 29.4 Å². The normalized spacial score (nSPS) is 18.4. The number of aromatic amines is 1. The molecule has 0 bridgehead atoms. The molecule has 0 spiro atoms. The van der Waals surface area contributed by atoms with Crippen LogP contribution in [-0.4, -0.2) is 44.5 Å². The first-order chi connectivity index (χ1) is 7.98. The number of nitrogens with zero attached hydrogens (tertiary/aromatic N) is 4. The molecule has 0 aromatic carbocycles. The van der Waals surface area contributed by atoms with Crippen molar-refractivity contribution in [3.63, 3.8) is 0 Å². The fraction of sp³-hybridized carbons (Fsp3) is 0.818. The van der Waals surface area contributed by atoms with Crippen molar-refractivity contribution in [1.29, 1.82) is 0 Å². The first-order valence-electron chi connectivity index (χ1n) is 6.01. The number of amides is 1. The Morgan fingerprint density at radius 1 is 1.35 bits per heavy atom. The van der Waals surface area contributed by atoms with Gasteiger partial charge >= 0.3 is 0 Å². The van der Waals surface area contributed by atoms with E-state index >= 15 is 0 Å². The van der Waals surface area contributed by atoms with Gasteiger partial charge in [0.15, 0.2) is 0 Å². The minimum absolute atomic E-state index is 0.119. The molecule has 0 aliphatic carbocycles. The molecule has 1 amide bonds. The van der Waals surface area contributed by atoms with Crippen LogP contribution in [0, 0.1) is 11.3 Å². The molecule has 6 nitrogen and oxygen atoms in total. The Kier molecular flexibility index (Phi) is 3.13. The van der Waals surface area contributed by atoms with E-state index in [0.29, 0.717) is 11.3 Å². The van der Waals surface area contributed by atoms with Gasteiger partial charge in [0.25, 0.3) is 11.7 Å². The van der Waals surface area contributed by atoms with Gasteiger partial charge in [-0.3, -0.25) is 4.79 Å². The van der Waals surface area contributed by atoms with Crippen LogP contribution >= 0.6 is 0 Å². The number of rotatable bonds is 1. The van der Waals surface area contributed by atoms with Crippen LogP contribution in [0.1, 0.15) is 44.2 Å². The van der Waals surface area contributed by atoms with E-state index in [2.05, 4.69) is 41.4 Å². The summed E-state index contributed by atoms with van der Waals surface area (Å²) in [6.07, 6.45) is 2.10. The number of carbonyl (C=O) groups excluding carboxylic acids is 1. The van der Waals surface area contributed by atoms with Crippen LogP contribution in [0.5, 0.6) is 0 Å². The van der Waals surface area contributed by atoms with Gasteiger partial charge in [0.05, 0.1) is 0 Å². The molecule has 1 aromatic heterocycles. The van der Waals surface area contributed by atoms with E-state index in [-0.39, 0.29) is 11.7 Å². The highest BCUT2D eigenvalue weighted by molar-refractivity contribution is 5.90. The molecule has 1 fully saturated rings. The van der Waals surface area contributed by atoms with E-state index in [9.17, 15) is 4.79 Å². The van der Waals surface area contributed by atoms with E-state index < -0.39 is 0 Å². The lowest BCUT2D eigenvalue weighted by Crippen LogP contribution is -2.41. The first kappa shape index (κ1) is 12.0. The summed E-state index contributed by atoms with van der Waals surface area (Å²) in [4.78, 5) is 13.8. The third-order valence-electron chi connectivity index (χ3n) is 3.54. The highest BCUT2D eigenvalue weighted by Crippen LogP contribution is 2.34. The molecule has 1 aliphatic heterocycles. The fourth-order valence-electron chi connectivity index (χ4n) is 2.34. The zero-order valence-electron chi connectivity index (χ0n) is 10.6. The van der Waals surface area contributed by atoms with Crippen LogP contribution in [0.2, 0.25) is 0 Å². The SMILES string of the molecule is CC(C)(C)C1CCN(C(=O)c2nn[nH]n2)CC1. The molecule has 0 unspecified atom stereocenters. The molecule has 1 aromatic rings. The molecular weight excluding hydrogens is 218 g/mol. The molecule has 0 saturated carbocycles. The Morgan fingerprint density at radius 2 is 2.00 bits per heavy atom. The van der Waals surface area contributed by atoms with E-state index in [4.69, 9.17) is 0 Å². The number of H-pyrrole nitrogens is 1. The summed E-state index contributed by atoms with van der Waals surface area (Å²) in [7, 11) is 0. The average Bonchev–Trinajstić information content (AvgIpc) is 2.80. The number of nitrogens with one attached hydrogen (secondary N) is 1. The summed E-state index contributed by atoms with van der Waals surface area (Å²) in [6.45, 7) is 8.35. The highest BCUT2D eigenvalue weighted by atomic mass is 16.2. The zero-order chi connectivity index (χ0) is 12.5. The van der Waals surface area contributed by atoms with Crippen LogP contribution in [-0.2, 0) is 0 Å². The standard InChI is InChI=1S/C11H19N5O/c1-11(2,3)8-4-6-16(7-5-8)10(17)9-12-14-15-13-9/h8H,4-7H2,1-3H3,(H,12,13,14,15). The monoisotopic (exact) mass is 237 g/mol.